The molecular weight excluding hydrogens is 248 g/mol. The zero-order valence-electron chi connectivity index (χ0n) is 10.9. The van der Waals surface area contributed by atoms with E-state index in [0.717, 1.165) is 12.8 Å². The highest BCUT2D eigenvalue weighted by Crippen LogP contribution is 2.35. The van der Waals surface area contributed by atoms with E-state index in [-0.39, 0.29) is 23.7 Å². The molecule has 1 aliphatic carbocycles. The van der Waals surface area contributed by atoms with Gasteiger partial charge in [0.15, 0.2) is 0 Å². The third-order valence-corrected chi connectivity index (χ3v) is 3.46. The summed E-state index contributed by atoms with van der Waals surface area (Å²) < 4.78 is 0. The predicted octanol–water partition coefficient (Wildman–Crippen LogP) is 1.68. The lowest BCUT2D eigenvalue weighted by atomic mass is 9.87. The Morgan fingerprint density at radius 1 is 1.39 bits per heavy atom. The second-order valence-corrected chi connectivity index (χ2v) is 5.44. The van der Waals surface area contributed by atoms with E-state index in [0.29, 0.717) is 6.54 Å². The van der Waals surface area contributed by atoms with Gasteiger partial charge in [-0.15, -0.1) is 12.4 Å². The smallest absolute Gasteiger partial charge is 0.236 e. The maximum absolute atomic E-state index is 11.5. The van der Waals surface area contributed by atoms with Crippen LogP contribution in [0.5, 0.6) is 0 Å². The van der Waals surface area contributed by atoms with Crippen molar-refractivity contribution in [2.75, 3.05) is 6.54 Å². The van der Waals surface area contributed by atoms with Gasteiger partial charge in [-0.25, -0.2) is 0 Å². The lowest BCUT2D eigenvalue weighted by Gasteiger charge is -2.24. The molecule has 0 radical (unpaired) electrons. The summed E-state index contributed by atoms with van der Waals surface area (Å²) in [7, 11) is 0. The van der Waals surface area contributed by atoms with Crippen LogP contribution in [0, 0.1) is 5.41 Å². The fraction of sp³-hybridized carbons (Fsp3) is 0.500. The highest BCUT2D eigenvalue weighted by molar-refractivity contribution is 5.85. The maximum Gasteiger partial charge on any atom is 0.236 e. The molecule has 18 heavy (non-hydrogen) atoms. The SMILES string of the molecule is CC(N)C(=O)NCC1(C)Cc2ccccc2C1.Cl. The Morgan fingerprint density at radius 2 is 1.89 bits per heavy atom. The highest BCUT2D eigenvalue weighted by Gasteiger charge is 2.32. The van der Waals surface area contributed by atoms with Crippen molar-refractivity contribution in [3.8, 4) is 0 Å². The molecule has 0 aliphatic heterocycles. The number of carbonyl (C=O) groups excluding carboxylic acids is 1. The number of hydrogen-bond donors (Lipinski definition) is 2. The highest BCUT2D eigenvalue weighted by atomic mass is 35.5. The van der Waals surface area contributed by atoms with E-state index in [1.807, 2.05) is 0 Å². The van der Waals surface area contributed by atoms with Crippen molar-refractivity contribution in [3.05, 3.63) is 35.4 Å². The van der Waals surface area contributed by atoms with Gasteiger partial charge < -0.3 is 11.1 Å². The first kappa shape index (κ1) is 15.0. The summed E-state index contributed by atoms with van der Waals surface area (Å²) >= 11 is 0. The van der Waals surface area contributed by atoms with Crippen LogP contribution in [-0.2, 0) is 17.6 Å². The Hall–Kier alpha value is -1.06. The van der Waals surface area contributed by atoms with Crippen LogP contribution in [0.4, 0.5) is 0 Å². The number of nitrogens with two attached hydrogens (primary N) is 1. The van der Waals surface area contributed by atoms with Crippen LogP contribution >= 0.6 is 12.4 Å². The predicted molar refractivity (Wildman–Crippen MR) is 75.9 cm³/mol. The van der Waals surface area contributed by atoms with Gasteiger partial charge in [0.05, 0.1) is 6.04 Å². The van der Waals surface area contributed by atoms with Gasteiger partial charge in [0.1, 0.15) is 0 Å². The molecule has 4 heteroatoms. The molecule has 0 bridgehead atoms. The van der Waals surface area contributed by atoms with Crippen LogP contribution in [-0.4, -0.2) is 18.5 Å². The molecule has 1 atom stereocenters. The van der Waals surface area contributed by atoms with Crippen LogP contribution in [0.25, 0.3) is 0 Å². The van der Waals surface area contributed by atoms with Crippen molar-refractivity contribution in [1.29, 1.82) is 0 Å². The number of rotatable bonds is 3. The number of carbonyl (C=O) groups is 1. The molecule has 1 aromatic rings. The maximum atomic E-state index is 11.5. The molecule has 0 heterocycles. The van der Waals surface area contributed by atoms with Gasteiger partial charge in [0.2, 0.25) is 5.91 Å². The van der Waals surface area contributed by atoms with Gasteiger partial charge >= 0.3 is 0 Å². The van der Waals surface area contributed by atoms with Gasteiger partial charge in [0, 0.05) is 6.54 Å². The number of halogens is 1. The minimum absolute atomic E-state index is 0. The van der Waals surface area contributed by atoms with Gasteiger partial charge in [0.25, 0.3) is 0 Å². The van der Waals surface area contributed by atoms with E-state index in [2.05, 4.69) is 36.5 Å². The molecule has 100 valence electrons. The van der Waals surface area contributed by atoms with Crippen LogP contribution in [0.1, 0.15) is 25.0 Å². The van der Waals surface area contributed by atoms with E-state index < -0.39 is 6.04 Å². The molecule has 1 aliphatic rings. The Bertz CT molecular complexity index is 407. The number of nitrogens with one attached hydrogen (secondary N) is 1. The Balaban J connectivity index is 0.00000162. The quantitative estimate of drug-likeness (QED) is 0.876. The Kier molecular flexibility index (Phi) is 4.77. The number of amides is 1. The second kappa shape index (κ2) is 5.72. The fourth-order valence-electron chi connectivity index (χ4n) is 2.47. The largest absolute Gasteiger partial charge is 0.354 e. The molecule has 3 N–H and O–H groups in total. The standard InChI is InChI=1S/C14H20N2O.ClH/c1-10(15)13(17)16-9-14(2)7-11-5-3-4-6-12(11)8-14;/h3-6,10H,7-9,15H2,1-2H3,(H,16,17);1H. The summed E-state index contributed by atoms with van der Waals surface area (Å²) in [6.45, 7) is 4.62. The Morgan fingerprint density at radius 3 is 2.33 bits per heavy atom. The first-order valence-electron chi connectivity index (χ1n) is 6.10. The summed E-state index contributed by atoms with van der Waals surface area (Å²) in [6, 6.07) is 8.07. The normalized spacial score (nSPS) is 17.5. The van der Waals surface area contributed by atoms with Gasteiger partial charge in [-0.2, -0.15) is 0 Å². The first-order chi connectivity index (χ1) is 8.00. The monoisotopic (exact) mass is 268 g/mol. The van der Waals surface area contributed by atoms with Gasteiger partial charge in [-0.05, 0) is 36.3 Å². The molecule has 0 fully saturated rings. The summed E-state index contributed by atoms with van der Waals surface area (Å²) in [5.41, 5.74) is 8.48. The topological polar surface area (TPSA) is 55.1 Å². The fourth-order valence-corrected chi connectivity index (χ4v) is 2.47. The molecule has 1 aromatic carbocycles. The van der Waals surface area contributed by atoms with E-state index in [1.54, 1.807) is 6.92 Å². The molecule has 0 spiro atoms. The number of benzene rings is 1. The summed E-state index contributed by atoms with van der Waals surface area (Å²) in [4.78, 5) is 11.5. The van der Waals surface area contributed by atoms with Crippen molar-refractivity contribution in [3.63, 3.8) is 0 Å². The lowest BCUT2D eigenvalue weighted by molar-refractivity contribution is -0.122. The summed E-state index contributed by atoms with van der Waals surface area (Å²) in [5.74, 6) is -0.0674. The van der Waals surface area contributed by atoms with Crippen LogP contribution in [0.2, 0.25) is 0 Å². The number of fused-ring (bicyclic) bond motifs is 1. The van der Waals surface area contributed by atoms with Crippen LogP contribution in [0.15, 0.2) is 24.3 Å². The lowest BCUT2D eigenvalue weighted by Crippen LogP contribution is -2.43. The third-order valence-electron chi connectivity index (χ3n) is 3.46. The molecular formula is C14H21ClN2O. The molecule has 1 unspecified atom stereocenters. The van der Waals surface area contributed by atoms with Crippen molar-refractivity contribution in [1.82, 2.24) is 5.32 Å². The van der Waals surface area contributed by atoms with Crippen LogP contribution in [0.3, 0.4) is 0 Å². The zero-order valence-corrected chi connectivity index (χ0v) is 11.7. The summed E-state index contributed by atoms with van der Waals surface area (Å²) in [6.07, 6.45) is 2.06. The molecule has 0 saturated carbocycles. The average molecular weight is 269 g/mol. The van der Waals surface area contributed by atoms with Crippen molar-refractivity contribution >= 4 is 18.3 Å². The minimum atomic E-state index is -0.428. The van der Waals surface area contributed by atoms with Crippen molar-refractivity contribution < 1.29 is 4.79 Å². The molecule has 3 nitrogen and oxygen atoms in total. The molecule has 2 rings (SSSR count). The first-order valence-corrected chi connectivity index (χ1v) is 6.10. The molecule has 0 saturated heterocycles. The minimum Gasteiger partial charge on any atom is -0.354 e. The van der Waals surface area contributed by atoms with E-state index in [4.69, 9.17) is 5.73 Å². The van der Waals surface area contributed by atoms with Gasteiger partial charge in [-0.1, -0.05) is 31.2 Å². The molecule has 1 amide bonds. The zero-order chi connectivity index (χ0) is 12.5. The Labute approximate surface area is 115 Å². The van der Waals surface area contributed by atoms with Crippen LogP contribution < -0.4 is 11.1 Å². The number of hydrogen-bond acceptors (Lipinski definition) is 2. The third kappa shape index (κ3) is 3.24. The molecule has 0 aromatic heterocycles. The van der Waals surface area contributed by atoms with E-state index >= 15 is 0 Å². The van der Waals surface area contributed by atoms with Crippen molar-refractivity contribution in [2.24, 2.45) is 11.1 Å². The average Bonchev–Trinajstić information content (AvgIpc) is 2.62. The van der Waals surface area contributed by atoms with E-state index in [1.165, 1.54) is 11.1 Å². The summed E-state index contributed by atoms with van der Waals surface area (Å²) in [5, 5.41) is 2.94. The second-order valence-electron chi connectivity index (χ2n) is 5.44. The van der Waals surface area contributed by atoms with Crippen molar-refractivity contribution in [2.45, 2.75) is 32.7 Å². The van der Waals surface area contributed by atoms with Gasteiger partial charge in [-0.3, -0.25) is 4.79 Å². The van der Waals surface area contributed by atoms with E-state index in [9.17, 15) is 4.79 Å².